The van der Waals surface area contributed by atoms with Gasteiger partial charge in [0.05, 0.1) is 17.5 Å². The summed E-state index contributed by atoms with van der Waals surface area (Å²) in [6, 6.07) is 10.1. The highest BCUT2D eigenvalue weighted by Crippen LogP contribution is 2.15. The Hall–Kier alpha value is -1.85. The van der Waals surface area contributed by atoms with Crippen LogP contribution in [0.25, 0.3) is 0 Å². The van der Waals surface area contributed by atoms with Crippen molar-refractivity contribution in [2.24, 2.45) is 0 Å². The highest BCUT2D eigenvalue weighted by molar-refractivity contribution is 7.13. The van der Waals surface area contributed by atoms with Gasteiger partial charge in [-0.05, 0) is 43.2 Å². The van der Waals surface area contributed by atoms with E-state index >= 15 is 0 Å². The first kappa shape index (κ1) is 14.6. The normalized spacial score (nSPS) is 12.1. The zero-order valence-electron chi connectivity index (χ0n) is 11.2. The molecule has 1 aromatic carbocycles. The van der Waals surface area contributed by atoms with E-state index in [1.54, 1.807) is 30.3 Å². The summed E-state index contributed by atoms with van der Waals surface area (Å²) in [6.07, 6.45) is 0.521. The smallest absolute Gasteiger partial charge is 0.261 e. The fourth-order valence-electron chi connectivity index (χ4n) is 1.89. The van der Waals surface area contributed by atoms with E-state index in [0.29, 0.717) is 11.3 Å². The molecule has 0 aliphatic rings. The van der Waals surface area contributed by atoms with E-state index in [4.69, 9.17) is 0 Å². The Kier molecular flexibility index (Phi) is 4.76. The number of nitrogens with one attached hydrogen (secondary N) is 1. The van der Waals surface area contributed by atoms with E-state index in [9.17, 15) is 15.0 Å². The molecule has 1 aromatic heterocycles. The van der Waals surface area contributed by atoms with Crippen molar-refractivity contribution in [3.63, 3.8) is 0 Å². The molecule has 1 amide bonds. The Labute approximate surface area is 121 Å². The molecule has 1 atom stereocenters. The second-order valence-corrected chi connectivity index (χ2v) is 5.92. The van der Waals surface area contributed by atoms with Crippen LogP contribution in [0.3, 0.4) is 0 Å². The number of rotatable bonds is 5. The number of aryl methyl sites for hydroxylation is 1. The summed E-state index contributed by atoms with van der Waals surface area (Å²) in [7, 11) is 0. The standard InChI is InChI=1S/C15H17NO3S/c1-10-2-7-14(20-10)15(19)16-12(9-17)8-11-3-5-13(18)6-4-11/h2-7,12,17-18H,8-9H2,1H3,(H,16,19)/t12-/m0/s1. The van der Waals surface area contributed by atoms with Gasteiger partial charge in [0.1, 0.15) is 5.75 Å². The summed E-state index contributed by atoms with van der Waals surface area (Å²) < 4.78 is 0. The van der Waals surface area contributed by atoms with Gasteiger partial charge < -0.3 is 15.5 Å². The number of amides is 1. The van der Waals surface area contributed by atoms with Gasteiger partial charge in [-0.25, -0.2) is 0 Å². The predicted octanol–water partition coefficient (Wildman–Crippen LogP) is 2.10. The molecule has 20 heavy (non-hydrogen) atoms. The molecule has 0 unspecified atom stereocenters. The highest BCUT2D eigenvalue weighted by Gasteiger charge is 2.14. The van der Waals surface area contributed by atoms with E-state index in [1.165, 1.54) is 11.3 Å². The number of phenolic OH excluding ortho intramolecular Hbond substituents is 1. The second-order valence-electron chi connectivity index (χ2n) is 4.63. The average Bonchev–Trinajstić information content (AvgIpc) is 2.87. The van der Waals surface area contributed by atoms with Crippen molar-refractivity contribution in [3.05, 3.63) is 51.7 Å². The molecule has 3 N–H and O–H groups in total. The molecule has 0 fully saturated rings. The Morgan fingerprint density at radius 3 is 2.50 bits per heavy atom. The lowest BCUT2D eigenvalue weighted by atomic mass is 10.1. The summed E-state index contributed by atoms with van der Waals surface area (Å²) in [5.41, 5.74) is 0.949. The third kappa shape index (κ3) is 3.82. The van der Waals surface area contributed by atoms with Crippen molar-refractivity contribution < 1.29 is 15.0 Å². The van der Waals surface area contributed by atoms with Gasteiger partial charge in [-0.3, -0.25) is 4.79 Å². The third-order valence-electron chi connectivity index (χ3n) is 2.94. The summed E-state index contributed by atoms with van der Waals surface area (Å²) in [5.74, 6) is 0.0355. The molecule has 0 saturated carbocycles. The van der Waals surface area contributed by atoms with E-state index in [2.05, 4.69) is 5.32 Å². The lowest BCUT2D eigenvalue weighted by Crippen LogP contribution is -2.38. The summed E-state index contributed by atoms with van der Waals surface area (Å²) >= 11 is 1.43. The molecule has 0 radical (unpaired) electrons. The van der Waals surface area contributed by atoms with Crippen LogP contribution in [0.4, 0.5) is 0 Å². The summed E-state index contributed by atoms with van der Waals surface area (Å²) in [5, 5.41) is 21.4. The number of thiophene rings is 1. The molecule has 2 aromatic rings. The monoisotopic (exact) mass is 291 g/mol. The average molecular weight is 291 g/mol. The van der Waals surface area contributed by atoms with Crippen LogP contribution in [0.15, 0.2) is 36.4 Å². The van der Waals surface area contributed by atoms with Gasteiger partial charge in [-0.15, -0.1) is 11.3 Å². The number of carbonyl (C=O) groups is 1. The molecule has 0 aliphatic heterocycles. The largest absolute Gasteiger partial charge is 0.508 e. The molecule has 5 heteroatoms. The number of aliphatic hydroxyl groups excluding tert-OH is 1. The Balaban J connectivity index is 1.98. The fourth-order valence-corrected chi connectivity index (χ4v) is 2.66. The lowest BCUT2D eigenvalue weighted by molar-refractivity contribution is 0.0920. The van der Waals surface area contributed by atoms with Gasteiger partial charge in [0.15, 0.2) is 0 Å². The van der Waals surface area contributed by atoms with Crippen LogP contribution in [0.2, 0.25) is 0 Å². The van der Waals surface area contributed by atoms with Crippen LogP contribution in [-0.2, 0) is 6.42 Å². The maximum Gasteiger partial charge on any atom is 0.261 e. The molecule has 0 spiro atoms. The number of hydrogen-bond acceptors (Lipinski definition) is 4. The second kappa shape index (κ2) is 6.54. The Morgan fingerprint density at radius 1 is 1.25 bits per heavy atom. The predicted molar refractivity (Wildman–Crippen MR) is 79.2 cm³/mol. The topological polar surface area (TPSA) is 69.6 Å². The minimum Gasteiger partial charge on any atom is -0.508 e. The first-order chi connectivity index (χ1) is 9.58. The van der Waals surface area contributed by atoms with Gasteiger partial charge in [0, 0.05) is 4.88 Å². The molecule has 106 valence electrons. The van der Waals surface area contributed by atoms with Gasteiger partial charge in [-0.1, -0.05) is 12.1 Å². The molecular formula is C15H17NO3S. The van der Waals surface area contributed by atoms with Gasteiger partial charge in [0.25, 0.3) is 5.91 Å². The van der Waals surface area contributed by atoms with Crippen molar-refractivity contribution in [2.45, 2.75) is 19.4 Å². The van der Waals surface area contributed by atoms with Crippen LogP contribution < -0.4 is 5.32 Å². The van der Waals surface area contributed by atoms with Crippen molar-refractivity contribution in [1.82, 2.24) is 5.32 Å². The molecule has 0 aliphatic carbocycles. The lowest BCUT2D eigenvalue weighted by Gasteiger charge is -2.16. The maximum atomic E-state index is 12.0. The Morgan fingerprint density at radius 2 is 1.95 bits per heavy atom. The highest BCUT2D eigenvalue weighted by atomic mass is 32.1. The number of hydrogen-bond donors (Lipinski definition) is 3. The van der Waals surface area contributed by atoms with Gasteiger partial charge in [-0.2, -0.15) is 0 Å². The van der Waals surface area contributed by atoms with E-state index in [1.807, 2.05) is 13.0 Å². The molecular weight excluding hydrogens is 274 g/mol. The van der Waals surface area contributed by atoms with Gasteiger partial charge in [0.2, 0.25) is 0 Å². The molecule has 2 rings (SSSR count). The fraction of sp³-hybridized carbons (Fsp3) is 0.267. The molecule has 1 heterocycles. The molecule has 0 bridgehead atoms. The minimum absolute atomic E-state index is 0.128. The van der Waals surface area contributed by atoms with Crippen molar-refractivity contribution in [2.75, 3.05) is 6.61 Å². The summed E-state index contributed by atoms with van der Waals surface area (Å²) in [6.45, 7) is 1.82. The number of aliphatic hydroxyl groups is 1. The zero-order chi connectivity index (χ0) is 14.5. The number of carbonyl (C=O) groups excluding carboxylic acids is 1. The first-order valence-corrected chi connectivity index (χ1v) is 7.16. The van der Waals surface area contributed by atoms with E-state index in [0.717, 1.165) is 10.4 Å². The third-order valence-corrected chi connectivity index (χ3v) is 3.94. The van der Waals surface area contributed by atoms with E-state index < -0.39 is 0 Å². The van der Waals surface area contributed by atoms with Crippen LogP contribution in [-0.4, -0.2) is 28.8 Å². The summed E-state index contributed by atoms with van der Waals surface area (Å²) in [4.78, 5) is 13.7. The zero-order valence-corrected chi connectivity index (χ0v) is 12.0. The van der Waals surface area contributed by atoms with Crippen LogP contribution in [0.1, 0.15) is 20.1 Å². The number of aromatic hydroxyl groups is 1. The first-order valence-electron chi connectivity index (χ1n) is 6.34. The molecule has 4 nitrogen and oxygen atoms in total. The maximum absolute atomic E-state index is 12.0. The Bertz CT molecular complexity index is 577. The van der Waals surface area contributed by atoms with Crippen molar-refractivity contribution in [1.29, 1.82) is 0 Å². The van der Waals surface area contributed by atoms with Crippen LogP contribution >= 0.6 is 11.3 Å². The van der Waals surface area contributed by atoms with Crippen molar-refractivity contribution >= 4 is 17.2 Å². The quantitative estimate of drug-likeness (QED) is 0.790. The number of benzene rings is 1. The molecule has 0 saturated heterocycles. The number of phenols is 1. The van der Waals surface area contributed by atoms with Gasteiger partial charge >= 0.3 is 0 Å². The van der Waals surface area contributed by atoms with Crippen LogP contribution in [0, 0.1) is 6.92 Å². The van der Waals surface area contributed by atoms with E-state index in [-0.39, 0.29) is 24.3 Å². The van der Waals surface area contributed by atoms with Crippen LogP contribution in [0.5, 0.6) is 5.75 Å². The van der Waals surface area contributed by atoms with Crippen molar-refractivity contribution in [3.8, 4) is 5.75 Å². The minimum atomic E-state index is -0.338. The SMILES string of the molecule is Cc1ccc(C(=O)N[C@H](CO)Cc2ccc(O)cc2)s1.